The Balaban J connectivity index is 2.23. The smallest absolute Gasteiger partial charge is 0.287 e. The van der Waals surface area contributed by atoms with Crippen LogP contribution in [0.3, 0.4) is 0 Å². The average molecular weight is 303 g/mol. The zero-order chi connectivity index (χ0) is 16.2. The Bertz CT molecular complexity index is 509. The van der Waals surface area contributed by atoms with Crippen LogP contribution in [0, 0.1) is 21.4 Å². The molecule has 0 unspecified atom stereocenters. The maximum Gasteiger partial charge on any atom is 0.287 e. The van der Waals surface area contributed by atoms with Gasteiger partial charge >= 0.3 is 0 Å². The third-order valence-corrected chi connectivity index (χ3v) is 3.67. The highest BCUT2D eigenvalue weighted by Gasteiger charge is 2.13. The molecule has 1 rings (SSSR count). The number of nitriles is 1. The lowest BCUT2D eigenvalue weighted by molar-refractivity contribution is -0.385. The Morgan fingerprint density at radius 3 is 2.36 bits per heavy atom. The van der Waals surface area contributed by atoms with E-state index in [1.807, 2.05) is 6.07 Å². The van der Waals surface area contributed by atoms with E-state index < -0.39 is 4.92 Å². The molecular formula is C17H25N3O2. The standard InChI is InChI=1S/C17H25N3O2/c1-2-3-4-5-6-7-8-9-12-19-16-10-11-17(20(21)22)15(13-16)14-18/h10-11,13,19H,2-9,12H2,1H3. The summed E-state index contributed by atoms with van der Waals surface area (Å²) >= 11 is 0. The number of anilines is 1. The third kappa shape index (κ3) is 6.57. The lowest BCUT2D eigenvalue weighted by Crippen LogP contribution is -2.02. The fourth-order valence-electron chi connectivity index (χ4n) is 2.39. The molecule has 0 aromatic heterocycles. The molecule has 0 bridgehead atoms. The molecule has 0 aliphatic rings. The van der Waals surface area contributed by atoms with E-state index >= 15 is 0 Å². The van der Waals surface area contributed by atoms with Crippen molar-refractivity contribution in [3.63, 3.8) is 0 Å². The van der Waals surface area contributed by atoms with Crippen molar-refractivity contribution in [3.8, 4) is 6.07 Å². The number of nitro groups is 1. The summed E-state index contributed by atoms with van der Waals surface area (Å²) in [7, 11) is 0. The van der Waals surface area contributed by atoms with Gasteiger partial charge in [0, 0.05) is 18.3 Å². The maximum atomic E-state index is 10.8. The largest absolute Gasteiger partial charge is 0.385 e. The number of nitrogens with one attached hydrogen (secondary N) is 1. The summed E-state index contributed by atoms with van der Waals surface area (Å²) in [6.07, 6.45) is 10.1. The number of hydrogen-bond donors (Lipinski definition) is 1. The van der Waals surface area contributed by atoms with E-state index in [2.05, 4.69) is 12.2 Å². The zero-order valence-corrected chi connectivity index (χ0v) is 13.3. The molecule has 0 heterocycles. The van der Waals surface area contributed by atoms with Gasteiger partial charge in [0.2, 0.25) is 0 Å². The van der Waals surface area contributed by atoms with Crippen LogP contribution in [-0.4, -0.2) is 11.5 Å². The average Bonchev–Trinajstić information content (AvgIpc) is 2.52. The summed E-state index contributed by atoms with van der Waals surface area (Å²) in [5.74, 6) is 0. The van der Waals surface area contributed by atoms with Crippen LogP contribution in [0.1, 0.15) is 63.9 Å². The molecule has 0 amide bonds. The monoisotopic (exact) mass is 303 g/mol. The van der Waals surface area contributed by atoms with Crippen LogP contribution in [0.4, 0.5) is 11.4 Å². The van der Waals surface area contributed by atoms with Gasteiger partial charge in [0.15, 0.2) is 0 Å². The number of hydrogen-bond acceptors (Lipinski definition) is 4. The molecule has 1 N–H and O–H groups in total. The lowest BCUT2D eigenvalue weighted by atomic mass is 10.1. The molecule has 1 aromatic carbocycles. The highest BCUT2D eigenvalue weighted by Crippen LogP contribution is 2.21. The van der Waals surface area contributed by atoms with Crippen molar-refractivity contribution in [1.82, 2.24) is 0 Å². The van der Waals surface area contributed by atoms with Crippen molar-refractivity contribution in [3.05, 3.63) is 33.9 Å². The predicted octanol–water partition coefficient (Wildman–Crippen LogP) is 5.02. The van der Waals surface area contributed by atoms with Crippen LogP contribution in [0.15, 0.2) is 18.2 Å². The van der Waals surface area contributed by atoms with E-state index in [1.54, 1.807) is 12.1 Å². The number of nitrogens with zero attached hydrogens (tertiary/aromatic N) is 2. The number of unbranched alkanes of at least 4 members (excludes halogenated alkanes) is 7. The molecule has 0 spiro atoms. The third-order valence-electron chi connectivity index (χ3n) is 3.67. The second-order valence-electron chi connectivity index (χ2n) is 5.50. The number of rotatable bonds is 11. The van der Waals surface area contributed by atoms with Crippen molar-refractivity contribution in [2.24, 2.45) is 0 Å². The van der Waals surface area contributed by atoms with Gasteiger partial charge in [-0.15, -0.1) is 0 Å². The first-order valence-corrected chi connectivity index (χ1v) is 8.11. The van der Waals surface area contributed by atoms with Gasteiger partial charge in [0.1, 0.15) is 11.6 Å². The molecule has 0 fully saturated rings. The van der Waals surface area contributed by atoms with E-state index in [1.165, 1.54) is 51.0 Å². The minimum absolute atomic E-state index is 0.103. The molecule has 0 atom stereocenters. The van der Waals surface area contributed by atoms with Gasteiger partial charge < -0.3 is 5.32 Å². The molecular weight excluding hydrogens is 278 g/mol. The Kier molecular flexibility index (Phi) is 8.66. The van der Waals surface area contributed by atoms with E-state index in [-0.39, 0.29) is 11.3 Å². The highest BCUT2D eigenvalue weighted by atomic mass is 16.6. The van der Waals surface area contributed by atoms with Gasteiger partial charge in [-0.2, -0.15) is 5.26 Å². The molecule has 22 heavy (non-hydrogen) atoms. The van der Waals surface area contributed by atoms with E-state index in [0.717, 1.165) is 18.7 Å². The molecule has 0 radical (unpaired) electrons. The first-order valence-electron chi connectivity index (χ1n) is 8.11. The topological polar surface area (TPSA) is 79.0 Å². The molecule has 0 aliphatic heterocycles. The van der Waals surface area contributed by atoms with Crippen LogP contribution in [0.2, 0.25) is 0 Å². The summed E-state index contributed by atoms with van der Waals surface area (Å²) < 4.78 is 0. The first-order chi connectivity index (χ1) is 10.7. The van der Waals surface area contributed by atoms with Crippen LogP contribution >= 0.6 is 0 Å². The van der Waals surface area contributed by atoms with Crippen molar-refractivity contribution >= 4 is 11.4 Å². The van der Waals surface area contributed by atoms with Crippen molar-refractivity contribution in [2.45, 2.75) is 58.3 Å². The van der Waals surface area contributed by atoms with Gasteiger partial charge in [-0.1, -0.05) is 51.9 Å². The van der Waals surface area contributed by atoms with E-state index in [4.69, 9.17) is 5.26 Å². The maximum absolute atomic E-state index is 10.8. The molecule has 0 aliphatic carbocycles. The van der Waals surface area contributed by atoms with Crippen LogP contribution in [-0.2, 0) is 0 Å². The van der Waals surface area contributed by atoms with E-state index in [9.17, 15) is 10.1 Å². The first kappa shape index (κ1) is 18.0. The van der Waals surface area contributed by atoms with Gasteiger partial charge in [0.05, 0.1) is 4.92 Å². The summed E-state index contributed by atoms with van der Waals surface area (Å²) in [5.41, 5.74) is 0.733. The molecule has 0 saturated heterocycles. The Hall–Kier alpha value is -2.09. The van der Waals surface area contributed by atoms with Crippen molar-refractivity contribution in [2.75, 3.05) is 11.9 Å². The second-order valence-corrected chi connectivity index (χ2v) is 5.50. The summed E-state index contributed by atoms with van der Waals surface area (Å²) in [4.78, 5) is 10.2. The molecule has 1 aromatic rings. The zero-order valence-electron chi connectivity index (χ0n) is 13.3. The van der Waals surface area contributed by atoms with Gasteiger partial charge in [-0.25, -0.2) is 0 Å². The van der Waals surface area contributed by atoms with Gasteiger partial charge in [0.25, 0.3) is 5.69 Å². The Morgan fingerprint density at radius 1 is 1.14 bits per heavy atom. The van der Waals surface area contributed by atoms with Crippen molar-refractivity contribution in [1.29, 1.82) is 5.26 Å². The van der Waals surface area contributed by atoms with Crippen LogP contribution in [0.25, 0.3) is 0 Å². The summed E-state index contributed by atoms with van der Waals surface area (Å²) in [6, 6.07) is 6.46. The van der Waals surface area contributed by atoms with Crippen LogP contribution < -0.4 is 5.32 Å². The Morgan fingerprint density at radius 2 is 1.77 bits per heavy atom. The highest BCUT2D eigenvalue weighted by molar-refractivity contribution is 5.58. The molecule has 120 valence electrons. The fourth-order valence-corrected chi connectivity index (χ4v) is 2.39. The molecule has 0 saturated carbocycles. The minimum atomic E-state index is -0.527. The van der Waals surface area contributed by atoms with E-state index in [0.29, 0.717) is 0 Å². The molecule has 5 heteroatoms. The van der Waals surface area contributed by atoms with Gasteiger partial charge in [-0.3, -0.25) is 10.1 Å². The second kappa shape index (κ2) is 10.6. The predicted molar refractivity (Wildman–Crippen MR) is 88.9 cm³/mol. The SMILES string of the molecule is CCCCCCCCCCNc1ccc([N+](=O)[O-])c(C#N)c1. The number of nitro benzene ring substituents is 1. The lowest BCUT2D eigenvalue weighted by Gasteiger charge is -2.07. The Labute approximate surface area is 132 Å². The quantitative estimate of drug-likeness (QED) is 0.353. The van der Waals surface area contributed by atoms with Gasteiger partial charge in [-0.05, 0) is 18.6 Å². The van der Waals surface area contributed by atoms with Crippen LogP contribution in [0.5, 0.6) is 0 Å². The number of benzene rings is 1. The molecule has 5 nitrogen and oxygen atoms in total. The fraction of sp³-hybridized carbons (Fsp3) is 0.588. The normalized spacial score (nSPS) is 10.2. The van der Waals surface area contributed by atoms with Crippen molar-refractivity contribution < 1.29 is 4.92 Å². The summed E-state index contributed by atoms with van der Waals surface area (Å²) in [6.45, 7) is 3.05. The minimum Gasteiger partial charge on any atom is -0.385 e. The summed E-state index contributed by atoms with van der Waals surface area (Å²) in [5, 5.41) is 22.9.